The molecule has 0 aliphatic rings. The number of alkyl carbamates (subject to hydrolysis) is 1. The number of ether oxygens (including phenoxy) is 1. The minimum absolute atomic E-state index is 0. The highest BCUT2D eigenvalue weighted by molar-refractivity contribution is 14.0. The lowest BCUT2D eigenvalue weighted by molar-refractivity contribution is 0.0448. The molecule has 0 aliphatic carbocycles. The minimum Gasteiger partial charge on any atom is -0.444 e. The van der Waals surface area contributed by atoms with E-state index in [0.29, 0.717) is 32.0 Å². The summed E-state index contributed by atoms with van der Waals surface area (Å²) in [6.45, 7) is 10.9. The summed E-state index contributed by atoms with van der Waals surface area (Å²) < 4.78 is 29.9. The van der Waals surface area contributed by atoms with Crippen LogP contribution in [0, 0.1) is 0 Å². The van der Waals surface area contributed by atoms with Crippen LogP contribution in [0.15, 0.2) is 4.99 Å². The van der Waals surface area contributed by atoms with E-state index in [0.717, 1.165) is 19.1 Å². The van der Waals surface area contributed by atoms with Gasteiger partial charge in [-0.25, -0.2) is 17.9 Å². The smallest absolute Gasteiger partial charge is 0.408 e. The van der Waals surface area contributed by atoms with Gasteiger partial charge in [0.15, 0.2) is 5.96 Å². The molecular weight excluding hydrogens is 497 g/mol. The van der Waals surface area contributed by atoms with Gasteiger partial charge in [0.1, 0.15) is 5.60 Å². The zero-order chi connectivity index (χ0) is 21.1. The topological polar surface area (TPSA) is 121 Å². The Hall–Kier alpha value is -0.820. The van der Waals surface area contributed by atoms with E-state index in [9.17, 15) is 13.2 Å². The molecule has 0 aromatic heterocycles. The van der Waals surface area contributed by atoms with E-state index < -0.39 is 27.3 Å². The van der Waals surface area contributed by atoms with Crippen molar-refractivity contribution in [3.63, 3.8) is 0 Å². The fraction of sp³-hybridized carbons (Fsp3) is 0.882. The van der Waals surface area contributed by atoms with E-state index >= 15 is 0 Å². The summed E-state index contributed by atoms with van der Waals surface area (Å²) >= 11 is 0. The van der Waals surface area contributed by atoms with Crippen molar-refractivity contribution in [3.8, 4) is 0 Å². The molecule has 0 spiro atoms. The molecule has 1 amide bonds. The van der Waals surface area contributed by atoms with Gasteiger partial charge in [0.2, 0.25) is 10.0 Å². The third kappa shape index (κ3) is 14.2. The lowest BCUT2D eigenvalue weighted by Crippen LogP contribution is -2.57. The van der Waals surface area contributed by atoms with Crippen LogP contribution in [0.25, 0.3) is 0 Å². The van der Waals surface area contributed by atoms with Gasteiger partial charge >= 0.3 is 6.09 Å². The normalized spacial score (nSPS) is 12.8. The number of aliphatic imine (C=N–C) groups is 1. The maximum atomic E-state index is 12.2. The van der Waals surface area contributed by atoms with Gasteiger partial charge in [-0.15, -0.1) is 24.0 Å². The quantitative estimate of drug-likeness (QED) is 0.147. The first kappa shape index (κ1) is 29.4. The monoisotopic (exact) mass is 535 g/mol. The van der Waals surface area contributed by atoms with E-state index in [1.807, 2.05) is 34.6 Å². The molecule has 0 aromatic rings. The van der Waals surface area contributed by atoms with Crippen LogP contribution < -0.4 is 20.7 Å². The van der Waals surface area contributed by atoms with Gasteiger partial charge in [-0.05, 0) is 40.0 Å². The summed E-state index contributed by atoms with van der Waals surface area (Å²) in [7, 11) is -1.51. The summed E-state index contributed by atoms with van der Waals surface area (Å²) in [4.78, 5) is 16.3. The molecule has 0 fully saturated rings. The molecule has 168 valence electrons. The molecule has 0 rings (SSSR count). The van der Waals surface area contributed by atoms with Gasteiger partial charge in [-0.1, -0.05) is 13.8 Å². The summed E-state index contributed by atoms with van der Waals surface area (Å²) in [5, 5.41) is 9.32. The number of sulfonamides is 1. The van der Waals surface area contributed by atoms with Crippen molar-refractivity contribution < 1.29 is 17.9 Å². The predicted octanol–water partition coefficient (Wildman–Crippen LogP) is 1.79. The number of rotatable bonds is 10. The number of nitrogens with one attached hydrogen (secondary N) is 4. The van der Waals surface area contributed by atoms with Crippen LogP contribution in [0.2, 0.25) is 0 Å². The molecular formula is C17H38IN5O4S. The average Bonchev–Trinajstić information content (AvgIpc) is 2.53. The van der Waals surface area contributed by atoms with Crippen LogP contribution in [-0.2, 0) is 14.8 Å². The molecule has 0 heterocycles. The molecule has 9 nitrogen and oxygen atoms in total. The van der Waals surface area contributed by atoms with E-state index in [4.69, 9.17) is 4.74 Å². The van der Waals surface area contributed by atoms with Crippen LogP contribution in [0.5, 0.6) is 0 Å². The van der Waals surface area contributed by atoms with Crippen molar-refractivity contribution in [3.05, 3.63) is 0 Å². The molecule has 0 aliphatic heterocycles. The fourth-order valence-corrected chi connectivity index (χ4v) is 2.78. The first-order valence-corrected chi connectivity index (χ1v) is 11.2. The lowest BCUT2D eigenvalue weighted by atomic mass is 9.93. The Balaban J connectivity index is 0. The van der Waals surface area contributed by atoms with E-state index in [1.165, 1.54) is 0 Å². The van der Waals surface area contributed by atoms with Crippen molar-refractivity contribution >= 4 is 46.1 Å². The molecule has 0 radical (unpaired) electrons. The summed E-state index contributed by atoms with van der Waals surface area (Å²) in [6, 6.07) is 0. The molecule has 0 aromatic carbocycles. The minimum atomic E-state index is -3.17. The van der Waals surface area contributed by atoms with Crippen molar-refractivity contribution in [1.82, 2.24) is 20.7 Å². The van der Waals surface area contributed by atoms with Gasteiger partial charge in [0.05, 0.1) is 11.8 Å². The number of carbonyl (C=O) groups is 1. The first-order valence-electron chi connectivity index (χ1n) is 9.26. The van der Waals surface area contributed by atoms with Gasteiger partial charge in [-0.2, -0.15) is 0 Å². The van der Waals surface area contributed by atoms with E-state index in [2.05, 4.69) is 25.7 Å². The number of hydrogen-bond donors (Lipinski definition) is 4. The highest BCUT2D eigenvalue weighted by Gasteiger charge is 2.30. The molecule has 0 unspecified atom stereocenters. The van der Waals surface area contributed by atoms with Gasteiger partial charge in [0, 0.05) is 26.7 Å². The Morgan fingerprint density at radius 3 is 2.07 bits per heavy atom. The Morgan fingerprint density at radius 1 is 1.07 bits per heavy atom. The molecule has 0 bridgehead atoms. The highest BCUT2D eigenvalue weighted by Crippen LogP contribution is 2.16. The standard InChI is InChI=1S/C17H37N5O4S.HI/c1-8-17(9-2,22-15(23)26-16(3,4)5)13-20-14(18-6)19-11-10-12-21-27(7,24)25;/h21H,8-13H2,1-7H3,(H,22,23)(H2,18,19,20);1H. The summed E-state index contributed by atoms with van der Waals surface area (Å²) in [6.07, 6.45) is 2.77. The molecule has 0 atom stereocenters. The maximum absolute atomic E-state index is 12.2. The second kappa shape index (κ2) is 13.4. The number of halogens is 1. The number of amides is 1. The number of nitrogens with zero attached hydrogens (tertiary/aromatic N) is 1. The van der Waals surface area contributed by atoms with Crippen LogP contribution >= 0.6 is 24.0 Å². The highest BCUT2D eigenvalue weighted by atomic mass is 127. The molecule has 0 saturated heterocycles. The van der Waals surface area contributed by atoms with Crippen LogP contribution in [0.3, 0.4) is 0 Å². The zero-order valence-electron chi connectivity index (χ0n) is 18.1. The Kier molecular flexibility index (Phi) is 14.1. The molecule has 28 heavy (non-hydrogen) atoms. The van der Waals surface area contributed by atoms with E-state index in [-0.39, 0.29) is 24.0 Å². The van der Waals surface area contributed by atoms with Gasteiger partial charge in [0.25, 0.3) is 0 Å². The third-order valence-electron chi connectivity index (χ3n) is 3.95. The van der Waals surface area contributed by atoms with Crippen LogP contribution in [-0.4, -0.2) is 64.5 Å². The lowest BCUT2D eigenvalue weighted by Gasteiger charge is -2.34. The Morgan fingerprint density at radius 2 is 1.64 bits per heavy atom. The number of guanidine groups is 1. The third-order valence-corrected chi connectivity index (χ3v) is 4.68. The van der Waals surface area contributed by atoms with Crippen LogP contribution in [0.4, 0.5) is 4.79 Å². The largest absolute Gasteiger partial charge is 0.444 e. The molecule has 11 heteroatoms. The van der Waals surface area contributed by atoms with Crippen molar-refractivity contribution in [1.29, 1.82) is 0 Å². The maximum Gasteiger partial charge on any atom is 0.408 e. The van der Waals surface area contributed by atoms with Crippen molar-refractivity contribution in [2.24, 2.45) is 4.99 Å². The predicted molar refractivity (Wildman–Crippen MR) is 125 cm³/mol. The first-order chi connectivity index (χ1) is 12.4. The second-order valence-corrected chi connectivity index (χ2v) is 9.32. The summed E-state index contributed by atoms with van der Waals surface area (Å²) in [5.41, 5.74) is -1.01. The Labute approximate surface area is 187 Å². The van der Waals surface area contributed by atoms with Gasteiger partial charge < -0.3 is 20.7 Å². The fourth-order valence-electron chi connectivity index (χ4n) is 2.27. The molecule has 0 saturated carbocycles. The van der Waals surface area contributed by atoms with Crippen LogP contribution in [0.1, 0.15) is 53.9 Å². The van der Waals surface area contributed by atoms with E-state index in [1.54, 1.807) is 7.05 Å². The van der Waals surface area contributed by atoms with Crippen molar-refractivity contribution in [2.75, 3.05) is 32.9 Å². The Bertz CT molecular complexity index is 587. The zero-order valence-corrected chi connectivity index (χ0v) is 21.3. The number of hydrogen-bond acceptors (Lipinski definition) is 5. The number of carbonyl (C=O) groups excluding carboxylic acids is 1. The van der Waals surface area contributed by atoms with Gasteiger partial charge in [-0.3, -0.25) is 4.99 Å². The second-order valence-electron chi connectivity index (χ2n) is 7.49. The average molecular weight is 535 g/mol. The summed E-state index contributed by atoms with van der Waals surface area (Å²) in [5.74, 6) is 0.589. The SMILES string of the molecule is CCC(CC)(CNC(=NC)NCCCNS(C)(=O)=O)NC(=O)OC(C)(C)C.I. The molecule has 4 N–H and O–H groups in total. The van der Waals surface area contributed by atoms with Crippen molar-refractivity contribution in [2.45, 2.75) is 65.0 Å².